The Hall–Kier alpha value is -0.530. The highest BCUT2D eigenvalue weighted by molar-refractivity contribution is 5.75. The second kappa shape index (κ2) is 5.88. The van der Waals surface area contributed by atoms with Gasteiger partial charge < -0.3 is 5.11 Å². The highest BCUT2D eigenvalue weighted by Crippen LogP contribution is 2.47. The molecular weight excluding hydrogens is 212 g/mol. The van der Waals surface area contributed by atoms with Crippen LogP contribution >= 0.6 is 0 Å². The van der Waals surface area contributed by atoms with Gasteiger partial charge in [0.05, 0.1) is 5.41 Å². The fraction of sp³-hybridized carbons (Fsp3) is 0.933. The number of aliphatic carboxylic acids is 1. The third-order valence-corrected chi connectivity index (χ3v) is 4.96. The smallest absolute Gasteiger partial charge is 0.309 e. The van der Waals surface area contributed by atoms with Gasteiger partial charge in [0, 0.05) is 0 Å². The van der Waals surface area contributed by atoms with Crippen LogP contribution in [0.1, 0.15) is 66.2 Å². The fourth-order valence-corrected chi connectivity index (χ4v) is 3.45. The summed E-state index contributed by atoms with van der Waals surface area (Å²) in [5.74, 6) is 1.19. The Bertz CT molecular complexity index is 250. The molecule has 0 amide bonds. The van der Waals surface area contributed by atoms with E-state index in [0.717, 1.165) is 44.4 Å². The minimum absolute atomic E-state index is 0.318. The van der Waals surface area contributed by atoms with Crippen molar-refractivity contribution in [2.75, 3.05) is 0 Å². The van der Waals surface area contributed by atoms with Crippen molar-refractivity contribution in [3.05, 3.63) is 0 Å². The normalized spacial score (nSPS) is 31.5. The van der Waals surface area contributed by atoms with Crippen molar-refractivity contribution in [2.24, 2.45) is 23.2 Å². The highest BCUT2D eigenvalue weighted by Gasteiger charge is 2.45. The monoisotopic (exact) mass is 240 g/mol. The van der Waals surface area contributed by atoms with E-state index < -0.39 is 11.4 Å². The molecule has 0 spiro atoms. The van der Waals surface area contributed by atoms with Crippen molar-refractivity contribution < 1.29 is 9.90 Å². The standard InChI is InChI=1S/C15H28O2/c1-5-6-12(4)15(14(16)17)9-7-13(8-10-15)11(2)3/h11-13H,5-10H2,1-4H3,(H,16,17). The molecule has 17 heavy (non-hydrogen) atoms. The molecule has 0 aromatic heterocycles. The summed E-state index contributed by atoms with van der Waals surface area (Å²) in [6.07, 6.45) is 6.08. The van der Waals surface area contributed by atoms with Crippen LogP contribution in [0.5, 0.6) is 0 Å². The molecule has 0 radical (unpaired) electrons. The van der Waals surface area contributed by atoms with Crippen molar-refractivity contribution in [1.82, 2.24) is 0 Å². The van der Waals surface area contributed by atoms with Crippen molar-refractivity contribution >= 4 is 5.97 Å². The summed E-state index contributed by atoms with van der Waals surface area (Å²) < 4.78 is 0. The Kier molecular flexibility index (Phi) is 5.03. The third-order valence-electron chi connectivity index (χ3n) is 4.96. The average Bonchev–Trinajstić information content (AvgIpc) is 2.29. The van der Waals surface area contributed by atoms with E-state index in [2.05, 4.69) is 27.7 Å². The molecule has 1 N–H and O–H groups in total. The molecule has 2 heteroatoms. The minimum atomic E-state index is -0.555. The molecule has 1 fully saturated rings. The lowest BCUT2D eigenvalue weighted by Crippen LogP contribution is -2.41. The zero-order valence-electron chi connectivity index (χ0n) is 11.8. The predicted octanol–water partition coefficient (Wildman–Crippen LogP) is 4.34. The van der Waals surface area contributed by atoms with E-state index in [1.807, 2.05) is 0 Å². The summed E-state index contributed by atoms with van der Waals surface area (Å²) in [4.78, 5) is 11.7. The van der Waals surface area contributed by atoms with Gasteiger partial charge in [-0.05, 0) is 49.9 Å². The maximum atomic E-state index is 11.7. The quantitative estimate of drug-likeness (QED) is 0.776. The zero-order chi connectivity index (χ0) is 13.1. The predicted molar refractivity (Wildman–Crippen MR) is 70.9 cm³/mol. The summed E-state index contributed by atoms with van der Waals surface area (Å²) in [5, 5.41) is 9.61. The SMILES string of the molecule is CCCC(C)C1(C(=O)O)CCC(C(C)C)CC1. The van der Waals surface area contributed by atoms with E-state index in [-0.39, 0.29) is 0 Å². The highest BCUT2D eigenvalue weighted by atomic mass is 16.4. The van der Waals surface area contributed by atoms with Crippen LogP contribution in [0.4, 0.5) is 0 Å². The van der Waals surface area contributed by atoms with Gasteiger partial charge in [-0.25, -0.2) is 0 Å². The second-order valence-corrected chi connectivity index (χ2v) is 6.23. The number of hydrogen-bond donors (Lipinski definition) is 1. The van der Waals surface area contributed by atoms with Gasteiger partial charge in [-0.1, -0.05) is 34.1 Å². The van der Waals surface area contributed by atoms with Crippen molar-refractivity contribution in [3.63, 3.8) is 0 Å². The van der Waals surface area contributed by atoms with Crippen LogP contribution in [0.15, 0.2) is 0 Å². The molecule has 100 valence electrons. The Morgan fingerprint density at radius 1 is 1.29 bits per heavy atom. The summed E-state index contributed by atoms with van der Waals surface area (Å²) in [7, 11) is 0. The number of carboxylic acids is 1. The van der Waals surface area contributed by atoms with Crippen LogP contribution in [-0.4, -0.2) is 11.1 Å². The number of carboxylic acid groups (broad SMARTS) is 1. The molecule has 0 saturated heterocycles. The molecule has 1 aliphatic rings. The van der Waals surface area contributed by atoms with Gasteiger partial charge >= 0.3 is 5.97 Å². The van der Waals surface area contributed by atoms with Gasteiger partial charge in [-0.2, -0.15) is 0 Å². The average molecular weight is 240 g/mol. The summed E-state index contributed by atoms with van der Waals surface area (Å²) in [6, 6.07) is 0. The minimum Gasteiger partial charge on any atom is -0.481 e. The molecule has 0 bridgehead atoms. The molecule has 0 aliphatic heterocycles. The van der Waals surface area contributed by atoms with Crippen LogP contribution < -0.4 is 0 Å². The van der Waals surface area contributed by atoms with E-state index in [1.165, 1.54) is 0 Å². The lowest BCUT2D eigenvalue weighted by Gasteiger charge is -2.42. The topological polar surface area (TPSA) is 37.3 Å². The number of hydrogen-bond acceptors (Lipinski definition) is 1. The number of rotatable bonds is 5. The molecule has 1 aliphatic carbocycles. The number of carbonyl (C=O) groups is 1. The van der Waals surface area contributed by atoms with E-state index in [0.29, 0.717) is 11.8 Å². The first-order valence-electron chi connectivity index (χ1n) is 7.17. The second-order valence-electron chi connectivity index (χ2n) is 6.23. The van der Waals surface area contributed by atoms with Gasteiger partial charge in [0.2, 0.25) is 0 Å². The Morgan fingerprint density at radius 3 is 2.18 bits per heavy atom. The third kappa shape index (κ3) is 3.02. The molecular formula is C15H28O2. The Morgan fingerprint density at radius 2 is 1.82 bits per heavy atom. The lowest BCUT2D eigenvalue weighted by molar-refractivity contribution is -0.156. The molecule has 0 aromatic carbocycles. The molecule has 1 saturated carbocycles. The Balaban J connectivity index is 2.73. The molecule has 0 heterocycles. The zero-order valence-corrected chi connectivity index (χ0v) is 11.8. The van der Waals surface area contributed by atoms with Crippen molar-refractivity contribution in [2.45, 2.75) is 66.2 Å². The van der Waals surface area contributed by atoms with Crippen molar-refractivity contribution in [3.8, 4) is 0 Å². The first-order valence-corrected chi connectivity index (χ1v) is 7.17. The van der Waals surface area contributed by atoms with E-state index in [9.17, 15) is 9.90 Å². The lowest BCUT2D eigenvalue weighted by atomic mass is 9.61. The maximum Gasteiger partial charge on any atom is 0.309 e. The summed E-state index contributed by atoms with van der Waals surface area (Å²) in [6.45, 7) is 8.79. The molecule has 2 nitrogen and oxygen atoms in total. The largest absolute Gasteiger partial charge is 0.481 e. The summed E-state index contributed by atoms with van der Waals surface area (Å²) in [5.41, 5.74) is -0.429. The Labute approximate surface area is 106 Å². The van der Waals surface area contributed by atoms with Gasteiger partial charge in [0.25, 0.3) is 0 Å². The van der Waals surface area contributed by atoms with Crippen LogP contribution in [0.3, 0.4) is 0 Å². The van der Waals surface area contributed by atoms with Crippen LogP contribution in [-0.2, 0) is 4.79 Å². The van der Waals surface area contributed by atoms with Gasteiger partial charge in [0.1, 0.15) is 0 Å². The van der Waals surface area contributed by atoms with Crippen LogP contribution in [0, 0.1) is 23.2 Å². The van der Waals surface area contributed by atoms with E-state index >= 15 is 0 Å². The summed E-state index contributed by atoms with van der Waals surface area (Å²) >= 11 is 0. The molecule has 1 unspecified atom stereocenters. The molecule has 1 rings (SSSR count). The maximum absolute atomic E-state index is 11.7. The van der Waals surface area contributed by atoms with Crippen LogP contribution in [0.25, 0.3) is 0 Å². The van der Waals surface area contributed by atoms with Crippen molar-refractivity contribution in [1.29, 1.82) is 0 Å². The van der Waals surface area contributed by atoms with E-state index in [1.54, 1.807) is 0 Å². The van der Waals surface area contributed by atoms with E-state index in [4.69, 9.17) is 0 Å². The molecule has 1 atom stereocenters. The van der Waals surface area contributed by atoms with Gasteiger partial charge in [-0.15, -0.1) is 0 Å². The first kappa shape index (κ1) is 14.5. The fourth-order valence-electron chi connectivity index (χ4n) is 3.45. The van der Waals surface area contributed by atoms with Crippen LogP contribution in [0.2, 0.25) is 0 Å². The first-order chi connectivity index (χ1) is 7.94. The molecule has 0 aromatic rings. The van der Waals surface area contributed by atoms with Gasteiger partial charge in [-0.3, -0.25) is 4.79 Å². The van der Waals surface area contributed by atoms with Gasteiger partial charge in [0.15, 0.2) is 0 Å².